The fourth-order valence-electron chi connectivity index (χ4n) is 3.23. The summed E-state index contributed by atoms with van der Waals surface area (Å²) < 4.78 is 15.1. The Morgan fingerprint density at radius 2 is 2.00 bits per heavy atom. The summed E-state index contributed by atoms with van der Waals surface area (Å²) >= 11 is 0. The van der Waals surface area contributed by atoms with Gasteiger partial charge in [-0.1, -0.05) is 13.8 Å². The Hall–Kier alpha value is -2.24. The molecule has 0 bridgehead atoms. The molecule has 2 heterocycles. The zero-order chi connectivity index (χ0) is 17.1. The maximum atomic E-state index is 13.1. The van der Waals surface area contributed by atoms with Crippen LogP contribution in [0.1, 0.15) is 51.3 Å². The van der Waals surface area contributed by atoms with Crippen molar-refractivity contribution >= 4 is 5.91 Å². The van der Waals surface area contributed by atoms with E-state index in [0.29, 0.717) is 11.6 Å². The standard InChI is InChI=1S/C18H23FN4O/c1-3-14(4-2)20-18(24)15-6-5-11-23-16(21-22-17(15)23)12-7-9-13(19)10-8-12/h7-10,14-15H,3-6,11H2,1-2H3,(H,20,24). The van der Waals surface area contributed by atoms with Crippen molar-refractivity contribution in [1.29, 1.82) is 0 Å². The molecule has 24 heavy (non-hydrogen) atoms. The van der Waals surface area contributed by atoms with E-state index in [1.807, 2.05) is 4.57 Å². The highest BCUT2D eigenvalue weighted by Gasteiger charge is 2.31. The van der Waals surface area contributed by atoms with Crippen molar-refractivity contribution in [3.8, 4) is 11.4 Å². The Balaban J connectivity index is 1.87. The average molecular weight is 330 g/mol. The van der Waals surface area contributed by atoms with Gasteiger partial charge >= 0.3 is 0 Å². The summed E-state index contributed by atoms with van der Waals surface area (Å²) in [4.78, 5) is 12.6. The maximum Gasteiger partial charge on any atom is 0.231 e. The molecule has 0 radical (unpaired) electrons. The number of fused-ring (bicyclic) bond motifs is 1. The molecular weight excluding hydrogens is 307 g/mol. The third-order valence-electron chi connectivity index (χ3n) is 4.72. The molecule has 0 aliphatic carbocycles. The van der Waals surface area contributed by atoms with Crippen molar-refractivity contribution in [3.05, 3.63) is 35.9 Å². The Bertz CT molecular complexity index is 706. The molecule has 0 fully saturated rings. The second-order valence-corrected chi connectivity index (χ2v) is 6.26. The molecule has 2 aromatic rings. The molecule has 1 N–H and O–H groups in total. The number of rotatable bonds is 5. The average Bonchev–Trinajstić information content (AvgIpc) is 3.04. The summed E-state index contributed by atoms with van der Waals surface area (Å²) in [6.07, 6.45) is 3.53. The molecule has 3 rings (SSSR count). The van der Waals surface area contributed by atoms with E-state index in [4.69, 9.17) is 0 Å². The van der Waals surface area contributed by atoms with Gasteiger partial charge in [0.25, 0.3) is 0 Å². The van der Waals surface area contributed by atoms with Crippen LogP contribution in [0.2, 0.25) is 0 Å². The molecular formula is C18H23FN4O. The van der Waals surface area contributed by atoms with Gasteiger partial charge in [-0.3, -0.25) is 4.79 Å². The quantitative estimate of drug-likeness (QED) is 0.915. The lowest BCUT2D eigenvalue weighted by Crippen LogP contribution is -2.39. The summed E-state index contributed by atoms with van der Waals surface area (Å²) in [7, 11) is 0. The number of hydrogen-bond acceptors (Lipinski definition) is 3. The third-order valence-corrected chi connectivity index (χ3v) is 4.72. The molecule has 1 amide bonds. The molecule has 1 aliphatic rings. The van der Waals surface area contributed by atoms with Crippen LogP contribution in [0.5, 0.6) is 0 Å². The van der Waals surface area contributed by atoms with Crippen LogP contribution in [-0.4, -0.2) is 26.7 Å². The number of nitrogens with zero attached hydrogens (tertiary/aromatic N) is 3. The van der Waals surface area contributed by atoms with Gasteiger partial charge in [0.15, 0.2) is 5.82 Å². The number of nitrogens with one attached hydrogen (secondary N) is 1. The SMILES string of the molecule is CCC(CC)NC(=O)C1CCCn2c(-c3ccc(F)cc3)nnc21. The molecule has 6 heteroatoms. The van der Waals surface area contributed by atoms with Crippen molar-refractivity contribution in [2.24, 2.45) is 0 Å². The van der Waals surface area contributed by atoms with Crippen LogP contribution in [0.4, 0.5) is 4.39 Å². The van der Waals surface area contributed by atoms with Crippen molar-refractivity contribution in [3.63, 3.8) is 0 Å². The third kappa shape index (κ3) is 3.18. The summed E-state index contributed by atoms with van der Waals surface area (Å²) in [5.74, 6) is 0.900. The van der Waals surface area contributed by atoms with Gasteiger partial charge in [-0.05, 0) is 49.9 Å². The zero-order valence-corrected chi connectivity index (χ0v) is 14.1. The summed E-state index contributed by atoms with van der Waals surface area (Å²) in [5.41, 5.74) is 0.816. The number of carbonyl (C=O) groups is 1. The number of amides is 1. The maximum absolute atomic E-state index is 13.1. The van der Waals surface area contributed by atoms with E-state index in [0.717, 1.165) is 37.8 Å². The molecule has 1 aromatic heterocycles. The Kier molecular flexibility index (Phi) is 4.92. The molecule has 0 saturated carbocycles. The van der Waals surface area contributed by atoms with E-state index < -0.39 is 0 Å². The van der Waals surface area contributed by atoms with Crippen molar-refractivity contribution < 1.29 is 9.18 Å². The first-order chi connectivity index (χ1) is 11.6. The van der Waals surface area contributed by atoms with Crippen molar-refractivity contribution in [2.75, 3.05) is 0 Å². The lowest BCUT2D eigenvalue weighted by atomic mass is 9.97. The van der Waals surface area contributed by atoms with Crippen LogP contribution in [0, 0.1) is 5.82 Å². The van der Waals surface area contributed by atoms with Gasteiger partial charge in [0.05, 0.1) is 5.92 Å². The first-order valence-electron chi connectivity index (χ1n) is 8.63. The van der Waals surface area contributed by atoms with Gasteiger partial charge in [0.2, 0.25) is 5.91 Å². The highest BCUT2D eigenvalue weighted by molar-refractivity contribution is 5.83. The predicted molar refractivity (Wildman–Crippen MR) is 89.9 cm³/mol. The van der Waals surface area contributed by atoms with E-state index in [2.05, 4.69) is 29.4 Å². The van der Waals surface area contributed by atoms with E-state index in [-0.39, 0.29) is 23.7 Å². The van der Waals surface area contributed by atoms with Crippen LogP contribution in [0.3, 0.4) is 0 Å². The Morgan fingerprint density at radius 3 is 2.67 bits per heavy atom. The highest BCUT2D eigenvalue weighted by atomic mass is 19.1. The number of halogens is 1. The van der Waals surface area contributed by atoms with Crippen LogP contribution < -0.4 is 5.32 Å². The van der Waals surface area contributed by atoms with Gasteiger partial charge in [-0.2, -0.15) is 0 Å². The second-order valence-electron chi connectivity index (χ2n) is 6.26. The molecule has 0 saturated heterocycles. The van der Waals surface area contributed by atoms with Crippen molar-refractivity contribution in [1.82, 2.24) is 20.1 Å². The smallest absolute Gasteiger partial charge is 0.231 e. The summed E-state index contributed by atoms with van der Waals surface area (Å²) in [5, 5.41) is 11.6. The van der Waals surface area contributed by atoms with E-state index in [1.54, 1.807) is 12.1 Å². The number of hydrogen-bond donors (Lipinski definition) is 1. The first-order valence-corrected chi connectivity index (χ1v) is 8.63. The minimum atomic E-state index is -0.278. The first kappa shape index (κ1) is 16.6. The van der Waals surface area contributed by atoms with E-state index in [1.165, 1.54) is 12.1 Å². The molecule has 1 aromatic carbocycles. The van der Waals surface area contributed by atoms with Crippen LogP contribution >= 0.6 is 0 Å². The van der Waals surface area contributed by atoms with E-state index in [9.17, 15) is 9.18 Å². The van der Waals surface area contributed by atoms with Crippen molar-refractivity contribution in [2.45, 2.75) is 58.0 Å². The molecule has 1 unspecified atom stereocenters. The topological polar surface area (TPSA) is 59.8 Å². The lowest BCUT2D eigenvalue weighted by molar-refractivity contribution is -0.124. The Labute approximate surface area is 141 Å². The largest absolute Gasteiger partial charge is 0.353 e. The molecule has 128 valence electrons. The summed E-state index contributed by atoms with van der Waals surface area (Å²) in [6, 6.07) is 6.42. The molecule has 5 nitrogen and oxygen atoms in total. The fourth-order valence-corrected chi connectivity index (χ4v) is 3.23. The summed E-state index contributed by atoms with van der Waals surface area (Å²) in [6.45, 7) is 4.93. The van der Waals surface area contributed by atoms with Gasteiger partial charge in [-0.15, -0.1) is 10.2 Å². The lowest BCUT2D eigenvalue weighted by Gasteiger charge is -2.25. The van der Waals surface area contributed by atoms with Crippen LogP contribution in [0.15, 0.2) is 24.3 Å². The monoisotopic (exact) mass is 330 g/mol. The van der Waals surface area contributed by atoms with Crippen LogP contribution in [0.25, 0.3) is 11.4 Å². The molecule has 0 spiro atoms. The van der Waals surface area contributed by atoms with Gasteiger partial charge in [-0.25, -0.2) is 4.39 Å². The minimum absolute atomic E-state index is 0.0303. The predicted octanol–water partition coefficient (Wildman–Crippen LogP) is 3.27. The molecule has 1 aliphatic heterocycles. The Morgan fingerprint density at radius 1 is 1.29 bits per heavy atom. The number of aromatic nitrogens is 3. The van der Waals surface area contributed by atoms with Gasteiger partial charge in [0, 0.05) is 18.2 Å². The fraction of sp³-hybridized carbons (Fsp3) is 0.500. The number of carbonyl (C=O) groups excluding carboxylic acids is 1. The van der Waals surface area contributed by atoms with Crippen LogP contribution in [-0.2, 0) is 11.3 Å². The zero-order valence-electron chi connectivity index (χ0n) is 14.1. The second kappa shape index (κ2) is 7.11. The molecule has 1 atom stereocenters. The van der Waals surface area contributed by atoms with Gasteiger partial charge < -0.3 is 9.88 Å². The minimum Gasteiger partial charge on any atom is -0.353 e. The highest BCUT2D eigenvalue weighted by Crippen LogP contribution is 2.30. The van der Waals surface area contributed by atoms with E-state index >= 15 is 0 Å². The normalized spacial score (nSPS) is 16.9. The number of benzene rings is 1. The van der Waals surface area contributed by atoms with Gasteiger partial charge in [0.1, 0.15) is 11.6 Å².